The predicted molar refractivity (Wildman–Crippen MR) is 119 cm³/mol. The molecule has 1 aliphatic rings. The number of pyridine rings is 1. The maximum absolute atomic E-state index is 14.7. The average Bonchev–Trinajstić information content (AvgIpc) is 3.47. The number of alkyl halides is 6. The Balaban J connectivity index is 1.90. The van der Waals surface area contributed by atoms with Crippen molar-refractivity contribution in [2.45, 2.75) is 36.8 Å². The number of benzene rings is 2. The van der Waals surface area contributed by atoms with E-state index >= 15 is 0 Å². The van der Waals surface area contributed by atoms with Gasteiger partial charge in [-0.15, -0.1) is 0 Å². The average molecular weight is 547 g/mol. The maximum atomic E-state index is 14.7. The molecule has 2 aromatic carbocycles. The Kier molecular flexibility index (Phi) is 7.11. The molecule has 0 spiro atoms. The molecule has 1 aliphatic carbocycles. The van der Waals surface area contributed by atoms with Gasteiger partial charge in [0.15, 0.2) is 0 Å². The normalized spacial score (nSPS) is 18.2. The Bertz CT molecular complexity index is 1280. The summed E-state index contributed by atoms with van der Waals surface area (Å²) in [5.74, 6) is -8.18. The molecule has 12 heteroatoms. The van der Waals surface area contributed by atoms with Gasteiger partial charge in [0, 0.05) is 25.1 Å². The van der Waals surface area contributed by atoms with Crippen LogP contribution in [0.3, 0.4) is 0 Å². The molecule has 4 rings (SSSR count). The fraction of sp³-hybridized carbons (Fsp3) is 0.280. The number of hydrogen-bond acceptors (Lipinski definition) is 3. The number of nitrogens with zero attached hydrogens (tertiary/aromatic N) is 1. The van der Waals surface area contributed by atoms with Crippen LogP contribution in [0.5, 0.6) is 5.75 Å². The highest BCUT2D eigenvalue weighted by molar-refractivity contribution is 6.30. The van der Waals surface area contributed by atoms with Gasteiger partial charge in [-0.05, 0) is 35.4 Å². The summed E-state index contributed by atoms with van der Waals surface area (Å²) in [6.07, 6.45) is -8.91. The van der Waals surface area contributed by atoms with Gasteiger partial charge in [-0.2, -0.15) is 17.6 Å². The number of halogens is 8. The van der Waals surface area contributed by atoms with Crippen LogP contribution in [0.4, 0.5) is 30.7 Å². The van der Waals surface area contributed by atoms with E-state index in [4.69, 9.17) is 11.6 Å². The number of carbonyl (C=O) groups excluding carboxylic acids is 1. The molecule has 0 radical (unpaired) electrons. The first-order valence-electron chi connectivity index (χ1n) is 10.8. The van der Waals surface area contributed by atoms with Crippen molar-refractivity contribution in [3.8, 4) is 5.75 Å². The zero-order valence-electron chi connectivity index (χ0n) is 18.7. The van der Waals surface area contributed by atoms with Crippen LogP contribution in [-0.4, -0.2) is 29.3 Å². The van der Waals surface area contributed by atoms with E-state index in [9.17, 15) is 35.5 Å². The van der Waals surface area contributed by atoms with E-state index in [1.165, 1.54) is 18.3 Å². The molecule has 0 aliphatic heterocycles. The first-order valence-corrected chi connectivity index (χ1v) is 11.2. The van der Waals surface area contributed by atoms with Crippen molar-refractivity contribution in [2.75, 3.05) is 0 Å². The smallest absolute Gasteiger partial charge is 0.428 e. The van der Waals surface area contributed by atoms with Crippen LogP contribution < -0.4 is 10.1 Å². The van der Waals surface area contributed by atoms with E-state index in [2.05, 4.69) is 15.0 Å². The molecule has 3 aromatic rings. The number of hydrogen-bond donors (Lipinski definition) is 1. The zero-order valence-corrected chi connectivity index (χ0v) is 19.5. The molecule has 1 amide bonds. The lowest BCUT2D eigenvalue weighted by Gasteiger charge is -2.36. The maximum Gasteiger partial charge on any atom is 0.461 e. The van der Waals surface area contributed by atoms with Crippen molar-refractivity contribution in [2.24, 2.45) is 5.92 Å². The predicted octanol–water partition coefficient (Wildman–Crippen LogP) is 6.37. The number of aromatic nitrogens is 1. The molecule has 4 nitrogen and oxygen atoms in total. The second-order valence-corrected chi connectivity index (χ2v) is 9.01. The SMILES string of the molecule is O=C(N[C@@](Cc1ccccc1)(c1cc(F)cc(OC(F)(F)C(F)F)c1)c1ccc(Cl)cn1)C1CC1(F)F. The van der Waals surface area contributed by atoms with Gasteiger partial charge < -0.3 is 10.1 Å². The van der Waals surface area contributed by atoms with Gasteiger partial charge in [-0.25, -0.2) is 13.2 Å². The Morgan fingerprint density at radius 1 is 1.14 bits per heavy atom. The van der Waals surface area contributed by atoms with Crippen LogP contribution in [0.15, 0.2) is 66.9 Å². The minimum Gasteiger partial charge on any atom is -0.428 e. The second kappa shape index (κ2) is 9.85. The van der Waals surface area contributed by atoms with Gasteiger partial charge in [0.05, 0.1) is 10.7 Å². The van der Waals surface area contributed by atoms with Crippen LogP contribution in [0.1, 0.15) is 23.2 Å². The van der Waals surface area contributed by atoms with Gasteiger partial charge in [-0.3, -0.25) is 9.78 Å². The molecule has 1 aromatic heterocycles. The van der Waals surface area contributed by atoms with Crippen LogP contribution in [0.2, 0.25) is 5.02 Å². The summed E-state index contributed by atoms with van der Waals surface area (Å²) in [7, 11) is 0. The van der Waals surface area contributed by atoms with E-state index in [-0.39, 0.29) is 22.7 Å². The molecule has 1 fully saturated rings. The van der Waals surface area contributed by atoms with E-state index in [1.807, 2.05) is 0 Å². The van der Waals surface area contributed by atoms with Gasteiger partial charge in [-0.1, -0.05) is 41.9 Å². The van der Waals surface area contributed by atoms with Crippen LogP contribution >= 0.6 is 11.6 Å². The quantitative estimate of drug-likeness (QED) is 0.317. The van der Waals surface area contributed by atoms with Crippen molar-refractivity contribution in [1.82, 2.24) is 10.3 Å². The monoisotopic (exact) mass is 546 g/mol. The lowest BCUT2D eigenvalue weighted by molar-refractivity contribution is -0.253. The van der Waals surface area contributed by atoms with E-state index in [0.717, 1.165) is 12.1 Å². The highest BCUT2D eigenvalue weighted by atomic mass is 35.5. The topological polar surface area (TPSA) is 51.2 Å². The van der Waals surface area contributed by atoms with Gasteiger partial charge in [0.2, 0.25) is 5.91 Å². The fourth-order valence-electron chi connectivity index (χ4n) is 3.92. The molecular formula is C25H18ClF7N2O2. The third kappa shape index (κ3) is 5.82. The van der Waals surface area contributed by atoms with E-state index < -0.39 is 53.8 Å². The van der Waals surface area contributed by atoms with Crippen molar-refractivity contribution in [3.05, 3.63) is 94.5 Å². The Morgan fingerprint density at radius 2 is 1.81 bits per heavy atom. The minimum atomic E-state index is -4.95. The van der Waals surface area contributed by atoms with Crippen LogP contribution in [0, 0.1) is 11.7 Å². The molecule has 196 valence electrons. The number of rotatable bonds is 9. The highest BCUT2D eigenvalue weighted by Crippen LogP contribution is 2.49. The summed E-state index contributed by atoms with van der Waals surface area (Å²) < 4.78 is 99.1. The first kappa shape index (κ1) is 26.7. The molecule has 37 heavy (non-hydrogen) atoms. The summed E-state index contributed by atoms with van der Waals surface area (Å²) >= 11 is 5.94. The Labute approximate surface area is 211 Å². The molecule has 1 unspecified atom stereocenters. The standard InChI is InChI=1S/C25H18ClF7N2O2/c26-16-6-7-20(34-13-16)23(11-14-4-2-1-3-5-14,35-21(36)19-12-24(19,30)31)15-8-17(27)10-18(9-15)37-25(32,33)22(28)29/h1-10,13,19,22H,11-12H2,(H,35,36)/t19?,23-/m0/s1. The van der Waals surface area contributed by atoms with E-state index in [0.29, 0.717) is 11.6 Å². The number of amides is 1. The summed E-state index contributed by atoms with van der Waals surface area (Å²) in [6, 6.07) is 13.1. The summed E-state index contributed by atoms with van der Waals surface area (Å²) in [5, 5.41) is 2.68. The zero-order chi connectivity index (χ0) is 27.0. The minimum absolute atomic E-state index is 0.00441. The van der Waals surface area contributed by atoms with Crippen molar-refractivity contribution in [3.63, 3.8) is 0 Å². The number of nitrogens with one attached hydrogen (secondary N) is 1. The van der Waals surface area contributed by atoms with Crippen molar-refractivity contribution in [1.29, 1.82) is 0 Å². The fourth-order valence-corrected chi connectivity index (χ4v) is 4.03. The lowest BCUT2D eigenvalue weighted by Crippen LogP contribution is -2.50. The molecular weight excluding hydrogens is 529 g/mol. The second-order valence-electron chi connectivity index (χ2n) is 8.58. The lowest BCUT2D eigenvalue weighted by atomic mass is 9.80. The molecule has 0 bridgehead atoms. The number of carbonyl (C=O) groups is 1. The Hall–Kier alpha value is -3.34. The van der Waals surface area contributed by atoms with E-state index in [1.54, 1.807) is 30.3 Å². The largest absolute Gasteiger partial charge is 0.461 e. The third-order valence-corrected chi connectivity index (χ3v) is 6.05. The van der Waals surface area contributed by atoms with Crippen LogP contribution in [-0.2, 0) is 16.8 Å². The first-order chi connectivity index (χ1) is 17.3. The van der Waals surface area contributed by atoms with Gasteiger partial charge in [0.25, 0.3) is 5.92 Å². The molecule has 1 saturated carbocycles. The van der Waals surface area contributed by atoms with Crippen molar-refractivity contribution >= 4 is 17.5 Å². The molecule has 1 N–H and O–H groups in total. The van der Waals surface area contributed by atoms with Gasteiger partial charge >= 0.3 is 12.5 Å². The highest BCUT2D eigenvalue weighted by Gasteiger charge is 2.62. The third-order valence-electron chi connectivity index (χ3n) is 5.83. The summed E-state index contributed by atoms with van der Waals surface area (Å²) in [5.41, 5.74) is -1.66. The molecule has 2 atom stereocenters. The Morgan fingerprint density at radius 3 is 2.38 bits per heavy atom. The summed E-state index contributed by atoms with van der Waals surface area (Å²) in [4.78, 5) is 17.1. The molecule has 1 heterocycles. The summed E-state index contributed by atoms with van der Waals surface area (Å²) in [6.45, 7) is 0. The van der Waals surface area contributed by atoms with Crippen molar-refractivity contribution < 1.29 is 40.3 Å². The number of ether oxygens (including phenoxy) is 1. The van der Waals surface area contributed by atoms with Gasteiger partial charge in [0.1, 0.15) is 23.0 Å². The molecule has 0 saturated heterocycles. The van der Waals surface area contributed by atoms with Crippen LogP contribution in [0.25, 0.3) is 0 Å².